The molecule has 5 aromatic rings. The van der Waals surface area contributed by atoms with E-state index in [4.69, 9.17) is 20.4 Å². The number of hydrogen-bond acceptors (Lipinski definition) is 6. The number of aryl methyl sites for hydroxylation is 1. The van der Waals surface area contributed by atoms with E-state index in [1.807, 2.05) is 18.2 Å². The molecule has 180 valence electrons. The maximum atomic E-state index is 12.8. The molecule has 3 aromatic carbocycles. The van der Waals surface area contributed by atoms with Gasteiger partial charge in [0.05, 0.1) is 30.3 Å². The molecule has 0 spiro atoms. The lowest BCUT2D eigenvalue weighted by molar-refractivity contribution is -0.308. The summed E-state index contributed by atoms with van der Waals surface area (Å²) in [4.78, 5) is 37.2. The summed E-state index contributed by atoms with van der Waals surface area (Å²) >= 11 is 6.01. The van der Waals surface area contributed by atoms with E-state index in [0.717, 1.165) is 16.5 Å². The minimum atomic E-state index is -1.45. The van der Waals surface area contributed by atoms with Gasteiger partial charge in [0.1, 0.15) is 11.2 Å². The summed E-state index contributed by atoms with van der Waals surface area (Å²) in [5.41, 5.74) is 3.00. The first-order chi connectivity index (χ1) is 17.3. The average Bonchev–Trinajstić information content (AvgIpc) is 3.27. The van der Waals surface area contributed by atoms with Crippen molar-refractivity contribution in [3.05, 3.63) is 105 Å². The highest BCUT2D eigenvalue weighted by atomic mass is 35.5. The van der Waals surface area contributed by atoms with Crippen molar-refractivity contribution in [2.75, 3.05) is 0 Å². The van der Waals surface area contributed by atoms with Crippen molar-refractivity contribution >= 4 is 45.4 Å². The molecule has 0 radical (unpaired) electrons. The van der Waals surface area contributed by atoms with Gasteiger partial charge in [0.2, 0.25) is 5.91 Å². The zero-order valence-corrected chi connectivity index (χ0v) is 19.8. The Morgan fingerprint density at radius 1 is 1.00 bits per heavy atom. The number of furan rings is 1. The first kappa shape index (κ1) is 23.4. The van der Waals surface area contributed by atoms with Crippen LogP contribution in [0.4, 0.5) is 0 Å². The third-order valence-electron chi connectivity index (χ3n) is 6.15. The minimum Gasteiger partial charge on any atom is -0.548 e. The quantitative estimate of drug-likeness (QED) is 0.347. The standard InChI is InChI=1S/C28H20ClNO6/c1-15-19-11-21-22(16-7-9-18(29)10-8-16)14-35-23(21)13-24(19)36-28(34)20(15)12-25(31)30-26(27(32)33)17-5-3-2-4-6-17/h2-11,13-14,26H,12H2,1H3,(H,30,31)(H,32,33)/p-1/t26-/m0/s1. The molecule has 0 unspecified atom stereocenters. The number of benzene rings is 3. The van der Waals surface area contributed by atoms with Crippen LogP contribution >= 0.6 is 11.6 Å². The van der Waals surface area contributed by atoms with E-state index >= 15 is 0 Å². The van der Waals surface area contributed by atoms with Crippen LogP contribution in [0.15, 0.2) is 86.6 Å². The molecular formula is C28H19ClNO6-. The number of nitrogens with one attached hydrogen (secondary N) is 1. The lowest BCUT2D eigenvalue weighted by Gasteiger charge is -2.20. The topological polar surface area (TPSA) is 113 Å². The summed E-state index contributed by atoms with van der Waals surface area (Å²) in [7, 11) is 0. The third-order valence-corrected chi connectivity index (χ3v) is 6.40. The Labute approximate surface area is 209 Å². The number of hydrogen-bond donors (Lipinski definition) is 1. The summed E-state index contributed by atoms with van der Waals surface area (Å²) in [5.74, 6) is -2.09. The summed E-state index contributed by atoms with van der Waals surface area (Å²) < 4.78 is 11.2. The van der Waals surface area contributed by atoms with E-state index in [9.17, 15) is 19.5 Å². The zero-order chi connectivity index (χ0) is 25.4. The lowest BCUT2D eigenvalue weighted by Crippen LogP contribution is -2.42. The smallest absolute Gasteiger partial charge is 0.340 e. The molecule has 2 heterocycles. The summed E-state index contributed by atoms with van der Waals surface area (Å²) in [5, 5.41) is 16.1. The monoisotopic (exact) mass is 500 g/mol. The van der Waals surface area contributed by atoms with E-state index in [2.05, 4.69) is 5.32 Å². The lowest BCUT2D eigenvalue weighted by atomic mass is 9.99. The molecule has 2 aromatic heterocycles. The van der Waals surface area contributed by atoms with Gasteiger partial charge in [0, 0.05) is 27.4 Å². The number of carbonyl (C=O) groups is 2. The van der Waals surface area contributed by atoms with Crippen LogP contribution in [0, 0.1) is 6.92 Å². The average molecular weight is 501 g/mol. The van der Waals surface area contributed by atoms with Gasteiger partial charge < -0.3 is 24.1 Å². The van der Waals surface area contributed by atoms with Gasteiger partial charge in [-0.15, -0.1) is 0 Å². The van der Waals surface area contributed by atoms with Crippen molar-refractivity contribution < 1.29 is 23.5 Å². The highest BCUT2D eigenvalue weighted by Gasteiger charge is 2.20. The van der Waals surface area contributed by atoms with E-state index in [1.165, 1.54) is 0 Å². The number of aliphatic carboxylic acids is 1. The minimum absolute atomic E-state index is 0.140. The molecule has 0 aliphatic heterocycles. The van der Waals surface area contributed by atoms with Gasteiger partial charge in [0.15, 0.2) is 0 Å². The fourth-order valence-electron chi connectivity index (χ4n) is 4.26. The molecule has 36 heavy (non-hydrogen) atoms. The van der Waals surface area contributed by atoms with Crippen molar-refractivity contribution in [3.63, 3.8) is 0 Å². The number of carboxylic acid groups (broad SMARTS) is 1. The van der Waals surface area contributed by atoms with E-state index in [0.29, 0.717) is 32.7 Å². The van der Waals surface area contributed by atoms with Gasteiger partial charge in [-0.3, -0.25) is 4.79 Å². The molecule has 7 nitrogen and oxygen atoms in total. The molecule has 1 atom stereocenters. The van der Waals surface area contributed by atoms with E-state index < -0.39 is 23.5 Å². The molecular weight excluding hydrogens is 482 g/mol. The Morgan fingerprint density at radius 2 is 1.72 bits per heavy atom. The number of fused-ring (bicyclic) bond motifs is 2. The number of carboxylic acids is 1. The van der Waals surface area contributed by atoms with E-state index in [-0.39, 0.29) is 12.0 Å². The Bertz CT molecular complexity index is 1670. The van der Waals surface area contributed by atoms with Crippen LogP contribution < -0.4 is 16.0 Å². The molecule has 0 saturated heterocycles. The van der Waals surface area contributed by atoms with Gasteiger partial charge in [-0.1, -0.05) is 54.1 Å². The number of amides is 1. The van der Waals surface area contributed by atoms with Gasteiger partial charge >= 0.3 is 5.63 Å². The molecule has 5 rings (SSSR count). The van der Waals surface area contributed by atoms with Crippen molar-refractivity contribution in [1.82, 2.24) is 5.32 Å². The second-order valence-electron chi connectivity index (χ2n) is 8.40. The molecule has 8 heteroatoms. The van der Waals surface area contributed by atoms with Crippen molar-refractivity contribution in [3.8, 4) is 11.1 Å². The maximum Gasteiger partial charge on any atom is 0.340 e. The van der Waals surface area contributed by atoms with Crippen LogP contribution in [-0.2, 0) is 16.0 Å². The Balaban J connectivity index is 1.51. The van der Waals surface area contributed by atoms with Crippen LogP contribution in [0.1, 0.15) is 22.7 Å². The van der Waals surface area contributed by atoms with Crippen LogP contribution in [0.2, 0.25) is 5.02 Å². The molecule has 1 amide bonds. The second-order valence-corrected chi connectivity index (χ2v) is 8.84. The van der Waals surface area contributed by atoms with Crippen LogP contribution in [0.25, 0.3) is 33.1 Å². The van der Waals surface area contributed by atoms with Crippen LogP contribution in [0.5, 0.6) is 0 Å². The van der Waals surface area contributed by atoms with Gasteiger partial charge in [-0.2, -0.15) is 0 Å². The van der Waals surface area contributed by atoms with Crippen molar-refractivity contribution in [1.29, 1.82) is 0 Å². The third kappa shape index (κ3) is 4.36. The highest BCUT2D eigenvalue weighted by molar-refractivity contribution is 6.30. The number of halogens is 1. The molecule has 0 aliphatic carbocycles. The Kier molecular flexibility index (Phi) is 6.08. The summed E-state index contributed by atoms with van der Waals surface area (Å²) in [6, 6.07) is 17.7. The molecule has 0 saturated carbocycles. The normalized spacial score (nSPS) is 12.1. The molecule has 0 fully saturated rings. The van der Waals surface area contributed by atoms with Gasteiger partial charge in [0.25, 0.3) is 0 Å². The molecule has 1 N–H and O–H groups in total. The summed E-state index contributed by atoms with van der Waals surface area (Å²) in [6.45, 7) is 1.73. The molecule has 0 aliphatic rings. The molecule has 0 bridgehead atoms. The number of rotatable bonds is 6. The first-order valence-corrected chi connectivity index (χ1v) is 11.5. The number of carbonyl (C=O) groups excluding carboxylic acids is 2. The van der Waals surface area contributed by atoms with E-state index in [1.54, 1.807) is 61.7 Å². The maximum absolute atomic E-state index is 12.8. The van der Waals surface area contributed by atoms with Gasteiger partial charge in [-0.05, 0) is 41.8 Å². The predicted molar refractivity (Wildman–Crippen MR) is 133 cm³/mol. The Morgan fingerprint density at radius 3 is 2.42 bits per heavy atom. The van der Waals surface area contributed by atoms with Crippen molar-refractivity contribution in [2.24, 2.45) is 0 Å². The zero-order valence-electron chi connectivity index (χ0n) is 19.0. The summed E-state index contributed by atoms with van der Waals surface area (Å²) in [6.07, 6.45) is 1.27. The predicted octanol–water partition coefficient (Wildman–Crippen LogP) is 4.32. The Hall–Kier alpha value is -4.36. The van der Waals surface area contributed by atoms with Gasteiger partial charge in [-0.25, -0.2) is 4.79 Å². The second kappa shape index (κ2) is 9.36. The SMILES string of the molecule is Cc1c(CC(=O)N[C@H](C(=O)[O-])c2ccccc2)c(=O)oc2cc3occ(-c4ccc(Cl)cc4)c3cc12. The fourth-order valence-corrected chi connectivity index (χ4v) is 4.39. The van der Waals surface area contributed by atoms with Crippen LogP contribution in [0.3, 0.4) is 0 Å². The highest BCUT2D eigenvalue weighted by Crippen LogP contribution is 2.35. The largest absolute Gasteiger partial charge is 0.548 e. The first-order valence-electron chi connectivity index (χ1n) is 11.1. The fraction of sp³-hybridized carbons (Fsp3) is 0.107. The van der Waals surface area contributed by atoms with Crippen molar-refractivity contribution in [2.45, 2.75) is 19.4 Å². The van der Waals surface area contributed by atoms with Crippen LogP contribution in [-0.4, -0.2) is 11.9 Å².